The van der Waals surface area contributed by atoms with E-state index in [1.165, 1.54) is 0 Å². The number of nitrogens with zero attached hydrogens (tertiary/aromatic N) is 1. The number of carbonyl (C=O) groups excluding carboxylic acids is 1. The van der Waals surface area contributed by atoms with Crippen LogP contribution < -0.4 is 0 Å². The Balaban J connectivity index is 2.22. The van der Waals surface area contributed by atoms with Gasteiger partial charge >= 0.3 is 12.1 Å². The van der Waals surface area contributed by atoms with Crippen LogP contribution in [0.2, 0.25) is 0 Å². The molecule has 98 valence electrons. The van der Waals surface area contributed by atoms with Crippen LogP contribution in [0.4, 0.5) is 13.2 Å². The smallest absolute Gasteiger partial charge is 0.331 e. The summed E-state index contributed by atoms with van der Waals surface area (Å²) in [6, 6.07) is -0.238. The van der Waals surface area contributed by atoms with Gasteiger partial charge in [0.05, 0.1) is 0 Å². The van der Waals surface area contributed by atoms with E-state index in [1.807, 2.05) is 6.92 Å². The second kappa shape index (κ2) is 3.39. The van der Waals surface area contributed by atoms with E-state index in [-0.39, 0.29) is 23.4 Å². The number of amides is 1. The number of fused-ring (bicyclic) bond motifs is 2. The number of rotatable bonds is 0. The third-order valence-electron chi connectivity index (χ3n) is 3.92. The van der Waals surface area contributed by atoms with E-state index in [2.05, 4.69) is 13.8 Å². The van der Waals surface area contributed by atoms with Crippen LogP contribution in [-0.4, -0.2) is 29.6 Å². The van der Waals surface area contributed by atoms with Gasteiger partial charge < -0.3 is 4.90 Å². The third-order valence-corrected chi connectivity index (χ3v) is 3.92. The van der Waals surface area contributed by atoms with Crippen molar-refractivity contribution in [1.82, 2.24) is 4.90 Å². The van der Waals surface area contributed by atoms with Gasteiger partial charge in [-0.05, 0) is 30.1 Å². The van der Waals surface area contributed by atoms with Crippen molar-refractivity contribution in [3.63, 3.8) is 0 Å². The predicted molar refractivity (Wildman–Crippen MR) is 57.3 cm³/mol. The van der Waals surface area contributed by atoms with Gasteiger partial charge in [-0.3, -0.25) is 4.79 Å². The maximum Gasteiger partial charge on any atom is 0.471 e. The summed E-state index contributed by atoms with van der Waals surface area (Å²) >= 11 is 0. The van der Waals surface area contributed by atoms with Crippen molar-refractivity contribution < 1.29 is 18.0 Å². The number of carbonyl (C=O) groups is 1. The van der Waals surface area contributed by atoms with E-state index < -0.39 is 12.1 Å². The average Bonchev–Trinajstić information content (AvgIpc) is 2.31. The van der Waals surface area contributed by atoms with Crippen molar-refractivity contribution in [2.75, 3.05) is 6.54 Å². The van der Waals surface area contributed by atoms with E-state index in [0.717, 1.165) is 11.3 Å². The summed E-state index contributed by atoms with van der Waals surface area (Å²) in [5.74, 6) is -1.66. The summed E-state index contributed by atoms with van der Waals surface area (Å²) in [4.78, 5) is 12.4. The van der Waals surface area contributed by atoms with Crippen molar-refractivity contribution in [3.05, 3.63) is 0 Å². The van der Waals surface area contributed by atoms with Crippen molar-refractivity contribution in [2.24, 2.45) is 10.8 Å². The molecule has 2 fully saturated rings. The molecule has 2 rings (SSSR count). The van der Waals surface area contributed by atoms with E-state index in [1.54, 1.807) is 0 Å². The van der Waals surface area contributed by atoms with Gasteiger partial charge in [-0.25, -0.2) is 0 Å². The molecule has 2 nitrogen and oxygen atoms in total. The summed E-state index contributed by atoms with van der Waals surface area (Å²) in [7, 11) is 0. The Labute approximate surface area is 99.2 Å². The quantitative estimate of drug-likeness (QED) is 0.646. The molecule has 1 aliphatic carbocycles. The Kier molecular flexibility index (Phi) is 2.53. The lowest BCUT2D eigenvalue weighted by molar-refractivity contribution is -0.186. The third kappa shape index (κ3) is 2.29. The maximum atomic E-state index is 12.5. The molecule has 1 heterocycles. The standard InChI is InChI=1S/C12H18F3NO/c1-10(2)4-8-5-11(3,6-10)7-16(8)9(17)12(13,14)15/h8H,4-7H2,1-3H3. The lowest BCUT2D eigenvalue weighted by atomic mass is 9.65. The number of likely N-dealkylation sites (tertiary alicyclic amines) is 1. The fraction of sp³-hybridized carbons (Fsp3) is 0.917. The highest BCUT2D eigenvalue weighted by atomic mass is 19.4. The molecular weight excluding hydrogens is 231 g/mol. The zero-order valence-corrected chi connectivity index (χ0v) is 10.4. The second-order valence-electron chi connectivity index (χ2n) is 6.64. The molecule has 1 amide bonds. The Morgan fingerprint density at radius 2 is 1.82 bits per heavy atom. The topological polar surface area (TPSA) is 20.3 Å². The lowest BCUT2D eigenvalue weighted by Crippen LogP contribution is -2.44. The van der Waals surface area contributed by atoms with Crippen LogP contribution in [-0.2, 0) is 4.79 Å². The lowest BCUT2D eigenvalue weighted by Gasteiger charge is -2.39. The zero-order valence-electron chi connectivity index (χ0n) is 10.4. The molecule has 1 aliphatic heterocycles. The summed E-state index contributed by atoms with van der Waals surface area (Å²) < 4.78 is 37.5. The summed E-state index contributed by atoms with van der Waals surface area (Å²) in [5, 5.41) is 0. The molecule has 1 saturated heterocycles. The molecule has 0 N–H and O–H groups in total. The first kappa shape index (κ1) is 12.7. The van der Waals surface area contributed by atoms with Gasteiger partial charge in [0.1, 0.15) is 0 Å². The number of hydrogen-bond acceptors (Lipinski definition) is 1. The highest BCUT2D eigenvalue weighted by molar-refractivity contribution is 5.82. The van der Waals surface area contributed by atoms with E-state index in [0.29, 0.717) is 12.8 Å². The highest BCUT2D eigenvalue weighted by Crippen LogP contribution is 2.53. The fourth-order valence-electron chi connectivity index (χ4n) is 3.86. The molecule has 0 radical (unpaired) electrons. The Hall–Kier alpha value is -0.740. The van der Waals surface area contributed by atoms with E-state index in [4.69, 9.17) is 0 Å². The molecule has 1 saturated carbocycles. The monoisotopic (exact) mass is 249 g/mol. The van der Waals surface area contributed by atoms with Crippen LogP contribution in [0.3, 0.4) is 0 Å². The van der Waals surface area contributed by atoms with Crippen molar-refractivity contribution in [3.8, 4) is 0 Å². The minimum Gasteiger partial charge on any atom is -0.331 e. The van der Waals surface area contributed by atoms with Gasteiger partial charge in [-0.15, -0.1) is 0 Å². The van der Waals surface area contributed by atoms with Crippen LogP contribution >= 0.6 is 0 Å². The van der Waals surface area contributed by atoms with Crippen LogP contribution in [0.25, 0.3) is 0 Å². The van der Waals surface area contributed by atoms with E-state index in [9.17, 15) is 18.0 Å². The summed E-state index contributed by atoms with van der Waals surface area (Å²) in [6.07, 6.45) is -2.47. The maximum absolute atomic E-state index is 12.5. The first-order valence-electron chi connectivity index (χ1n) is 5.90. The number of alkyl halides is 3. The van der Waals surface area contributed by atoms with Crippen molar-refractivity contribution in [2.45, 2.75) is 52.3 Å². The minimum atomic E-state index is -4.74. The minimum absolute atomic E-state index is 0.0261. The van der Waals surface area contributed by atoms with E-state index >= 15 is 0 Å². The summed E-state index contributed by atoms with van der Waals surface area (Å²) in [6.45, 7) is 6.38. The second-order valence-corrected chi connectivity index (χ2v) is 6.64. The van der Waals surface area contributed by atoms with Crippen LogP contribution in [0.15, 0.2) is 0 Å². The molecule has 2 bridgehead atoms. The Bertz CT molecular complexity index is 350. The van der Waals surface area contributed by atoms with Crippen LogP contribution in [0.1, 0.15) is 40.0 Å². The van der Waals surface area contributed by atoms with Crippen LogP contribution in [0, 0.1) is 10.8 Å². The van der Waals surface area contributed by atoms with Gasteiger partial charge in [-0.2, -0.15) is 13.2 Å². The molecule has 17 heavy (non-hydrogen) atoms. The largest absolute Gasteiger partial charge is 0.471 e. The van der Waals surface area contributed by atoms with Gasteiger partial charge in [0.25, 0.3) is 0 Å². The number of halogens is 3. The molecule has 2 atom stereocenters. The predicted octanol–water partition coefficient (Wildman–Crippen LogP) is 2.98. The highest BCUT2D eigenvalue weighted by Gasteiger charge is 2.55. The molecule has 2 aliphatic rings. The Morgan fingerprint density at radius 1 is 1.24 bits per heavy atom. The first-order valence-corrected chi connectivity index (χ1v) is 5.90. The molecule has 0 aromatic rings. The zero-order chi connectivity index (χ0) is 13.1. The SMILES string of the molecule is CC1(C)CC2CC(C)(CN2C(=O)C(F)(F)F)C1. The molecule has 5 heteroatoms. The number of hydrogen-bond donors (Lipinski definition) is 0. The summed E-state index contributed by atoms with van der Waals surface area (Å²) in [5.41, 5.74) is -0.119. The molecule has 0 spiro atoms. The molecule has 0 aromatic heterocycles. The van der Waals surface area contributed by atoms with Gasteiger partial charge in [0, 0.05) is 12.6 Å². The van der Waals surface area contributed by atoms with Crippen molar-refractivity contribution in [1.29, 1.82) is 0 Å². The molecule has 2 unspecified atom stereocenters. The van der Waals surface area contributed by atoms with Crippen molar-refractivity contribution >= 4 is 5.91 Å². The normalized spacial score (nSPS) is 36.1. The average molecular weight is 249 g/mol. The molecule has 0 aromatic carbocycles. The van der Waals surface area contributed by atoms with Gasteiger partial charge in [0.15, 0.2) is 0 Å². The van der Waals surface area contributed by atoms with Gasteiger partial charge in [0.2, 0.25) is 0 Å². The molecular formula is C12H18F3NO. The fourth-order valence-corrected chi connectivity index (χ4v) is 3.86. The first-order chi connectivity index (χ1) is 7.53. The van der Waals surface area contributed by atoms with Gasteiger partial charge in [-0.1, -0.05) is 20.8 Å². The Morgan fingerprint density at radius 3 is 2.35 bits per heavy atom. The van der Waals surface area contributed by atoms with Crippen LogP contribution in [0.5, 0.6) is 0 Å².